The van der Waals surface area contributed by atoms with Crippen LogP contribution in [0.2, 0.25) is 0 Å². The summed E-state index contributed by atoms with van der Waals surface area (Å²) >= 11 is 0. The van der Waals surface area contributed by atoms with Crippen LogP contribution in [-0.2, 0) is 14.3 Å². The number of carbonyl (C=O) groups excluding carboxylic acids is 4. The molecule has 1 N–H and O–H groups in total. The van der Waals surface area contributed by atoms with Crippen molar-refractivity contribution < 1.29 is 28.7 Å². The summed E-state index contributed by atoms with van der Waals surface area (Å²) in [6, 6.07) is 15.3. The van der Waals surface area contributed by atoms with Crippen LogP contribution in [0.4, 0.5) is 21.0 Å². The fraction of sp³-hybridized carbons (Fsp3) is 0.304. The Balaban J connectivity index is 1.50. The van der Waals surface area contributed by atoms with E-state index in [0.29, 0.717) is 37.6 Å². The van der Waals surface area contributed by atoms with Gasteiger partial charge in [0.15, 0.2) is 6.61 Å². The van der Waals surface area contributed by atoms with E-state index in [-0.39, 0.29) is 17.5 Å². The minimum atomic E-state index is -0.726. The fourth-order valence-corrected chi connectivity index (χ4v) is 3.35. The number of hydrogen-bond donors (Lipinski definition) is 1. The van der Waals surface area contributed by atoms with Gasteiger partial charge in [0.1, 0.15) is 0 Å². The summed E-state index contributed by atoms with van der Waals surface area (Å²) in [6.45, 7) is 0.960. The van der Waals surface area contributed by atoms with Crippen LogP contribution in [0.25, 0.3) is 0 Å². The first-order valence-electron chi connectivity index (χ1n) is 10.4. The zero-order valence-electron chi connectivity index (χ0n) is 18.5. The zero-order chi connectivity index (χ0) is 23.8. The number of ether oxygens (including phenoxy) is 2. The van der Waals surface area contributed by atoms with Crippen LogP contribution in [-0.4, -0.2) is 80.7 Å². The molecule has 1 saturated heterocycles. The fourth-order valence-electron chi connectivity index (χ4n) is 3.35. The molecule has 0 aromatic heterocycles. The Morgan fingerprint density at radius 2 is 1.52 bits per heavy atom. The van der Waals surface area contributed by atoms with Crippen LogP contribution in [0.15, 0.2) is 54.6 Å². The average Bonchev–Trinajstić information content (AvgIpc) is 2.86. The molecular formula is C23H26N4O6. The van der Waals surface area contributed by atoms with Crippen molar-refractivity contribution in [3.8, 4) is 0 Å². The average molecular weight is 454 g/mol. The smallest absolute Gasteiger partial charge is 0.413 e. The highest BCUT2D eigenvalue weighted by molar-refractivity contribution is 6.01. The second kappa shape index (κ2) is 11.0. The van der Waals surface area contributed by atoms with Gasteiger partial charge in [-0.25, -0.2) is 14.4 Å². The molecule has 0 atom stereocenters. The molecule has 0 bridgehead atoms. The number of anilines is 2. The number of methoxy groups -OCH3 is 1. The van der Waals surface area contributed by atoms with E-state index in [1.165, 1.54) is 25.1 Å². The van der Waals surface area contributed by atoms with Crippen molar-refractivity contribution in [2.24, 2.45) is 0 Å². The summed E-state index contributed by atoms with van der Waals surface area (Å²) < 4.78 is 9.88. The first-order chi connectivity index (χ1) is 15.9. The molecule has 1 aliphatic heterocycles. The van der Waals surface area contributed by atoms with Gasteiger partial charge in [-0.3, -0.25) is 9.69 Å². The molecule has 10 nitrogen and oxygen atoms in total. The van der Waals surface area contributed by atoms with Gasteiger partial charge in [0.25, 0.3) is 5.91 Å². The molecule has 2 aromatic rings. The van der Waals surface area contributed by atoms with E-state index in [2.05, 4.69) is 10.1 Å². The Labute approximate surface area is 191 Å². The number of carbonyl (C=O) groups is 4. The second-order valence-electron chi connectivity index (χ2n) is 7.29. The number of benzene rings is 2. The molecule has 1 fully saturated rings. The third-order valence-electron chi connectivity index (χ3n) is 5.21. The Hall–Kier alpha value is -4.08. The van der Waals surface area contributed by atoms with Crippen LogP contribution in [0, 0.1) is 0 Å². The first kappa shape index (κ1) is 23.6. The molecule has 0 saturated carbocycles. The van der Waals surface area contributed by atoms with E-state index >= 15 is 0 Å². The maximum absolute atomic E-state index is 12.6. The highest BCUT2D eigenvalue weighted by Crippen LogP contribution is 2.21. The Morgan fingerprint density at radius 3 is 2.18 bits per heavy atom. The van der Waals surface area contributed by atoms with E-state index in [9.17, 15) is 19.2 Å². The highest BCUT2D eigenvalue weighted by Gasteiger charge is 2.26. The largest absolute Gasteiger partial charge is 0.452 e. The SMILES string of the molecule is COC(=O)N(C)c1ccccc1C(=O)OCC(=O)N1CCN(C(=O)Nc2ccccc2)CC1. The summed E-state index contributed by atoms with van der Waals surface area (Å²) in [5.74, 6) is -1.08. The lowest BCUT2D eigenvalue weighted by molar-refractivity contribution is -0.135. The number of hydrogen-bond acceptors (Lipinski definition) is 6. The number of nitrogens with zero attached hydrogens (tertiary/aromatic N) is 3. The molecule has 33 heavy (non-hydrogen) atoms. The molecule has 4 amide bonds. The lowest BCUT2D eigenvalue weighted by atomic mass is 10.1. The van der Waals surface area contributed by atoms with Crippen LogP contribution in [0.5, 0.6) is 0 Å². The van der Waals surface area contributed by atoms with Crippen molar-refractivity contribution in [2.45, 2.75) is 0 Å². The minimum absolute atomic E-state index is 0.139. The van der Waals surface area contributed by atoms with Crippen molar-refractivity contribution in [1.29, 1.82) is 0 Å². The van der Waals surface area contributed by atoms with Crippen LogP contribution in [0.3, 0.4) is 0 Å². The number of piperazine rings is 1. The van der Waals surface area contributed by atoms with Gasteiger partial charge in [-0.1, -0.05) is 30.3 Å². The third-order valence-corrected chi connectivity index (χ3v) is 5.21. The van der Waals surface area contributed by atoms with E-state index in [1.807, 2.05) is 18.2 Å². The van der Waals surface area contributed by atoms with Gasteiger partial charge in [0, 0.05) is 38.9 Å². The zero-order valence-corrected chi connectivity index (χ0v) is 18.5. The maximum atomic E-state index is 12.6. The summed E-state index contributed by atoms with van der Waals surface area (Å²) in [6.07, 6.45) is -0.638. The standard InChI is InChI=1S/C23H26N4O6/c1-25(23(31)32-2)19-11-7-6-10-18(19)21(29)33-16-20(28)26-12-14-27(15-13-26)22(30)24-17-8-4-3-5-9-17/h3-11H,12-16H2,1-2H3,(H,24,30). The minimum Gasteiger partial charge on any atom is -0.452 e. The molecule has 2 aromatic carbocycles. The molecule has 3 rings (SSSR count). The first-order valence-corrected chi connectivity index (χ1v) is 10.4. The van der Waals surface area contributed by atoms with Crippen LogP contribution in [0.1, 0.15) is 10.4 Å². The normalized spacial score (nSPS) is 13.2. The number of urea groups is 1. The van der Waals surface area contributed by atoms with Crippen molar-refractivity contribution in [2.75, 3.05) is 57.2 Å². The summed E-state index contributed by atoms with van der Waals surface area (Å²) in [4.78, 5) is 53.6. The predicted octanol–water partition coefficient (Wildman–Crippen LogP) is 2.42. The van der Waals surface area contributed by atoms with E-state index in [4.69, 9.17) is 4.74 Å². The van der Waals surface area contributed by atoms with Gasteiger partial charge in [0.2, 0.25) is 0 Å². The highest BCUT2D eigenvalue weighted by atomic mass is 16.5. The Kier molecular flexibility index (Phi) is 7.85. The number of nitrogens with one attached hydrogen (secondary N) is 1. The molecular weight excluding hydrogens is 428 g/mol. The van der Waals surface area contributed by atoms with Crippen molar-refractivity contribution in [3.63, 3.8) is 0 Å². The Morgan fingerprint density at radius 1 is 0.909 bits per heavy atom. The predicted molar refractivity (Wildman–Crippen MR) is 121 cm³/mol. The van der Waals surface area contributed by atoms with Crippen molar-refractivity contribution in [3.05, 3.63) is 60.2 Å². The molecule has 0 aliphatic carbocycles. The van der Waals surface area contributed by atoms with Crippen LogP contribution >= 0.6 is 0 Å². The topological polar surface area (TPSA) is 108 Å². The third kappa shape index (κ3) is 6.00. The Bertz CT molecular complexity index is 1010. The molecule has 0 unspecified atom stereocenters. The molecule has 1 aliphatic rings. The van der Waals surface area contributed by atoms with E-state index < -0.39 is 18.7 Å². The number of rotatable bonds is 5. The van der Waals surface area contributed by atoms with Gasteiger partial charge in [-0.05, 0) is 24.3 Å². The summed E-state index contributed by atoms with van der Waals surface area (Å²) in [5.41, 5.74) is 1.14. The van der Waals surface area contributed by atoms with Gasteiger partial charge < -0.3 is 24.6 Å². The molecule has 174 valence electrons. The van der Waals surface area contributed by atoms with Gasteiger partial charge in [-0.15, -0.1) is 0 Å². The van der Waals surface area contributed by atoms with E-state index in [0.717, 1.165) is 0 Å². The van der Waals surface area contributed by atoms with Crippen molar-refractivity contribution in [1.82, 2.24) is 9.80 Å². The van der Waals surface area contributed by atoms with Gasteiger partial charge in [0.05, 0.1) is 18.4 Å². The van der Waals surface area contributed by atoms with Crippen LogP contribution < -0.4 is 10.2 Å². The second-order valence-corrected chi connectivity index (χ2v) is 7.29. The summed E-state index contributed by atoms with van der Waals surface area (Å²) in [7, 11) is 2.71. The molecule has 0 radical (unpaired) electrons. The molecule has 1 heterocycles. The quantitative estimate of drug-likeness (QED) is 0.695. The number of amides is 4. The van der Waals surface area contributed by atoms with Gasteiger partial charge in [-0.2, -0.15) is 0 Å². The van der Waals surface area contributed by atoms with Gasteiger partial charge >= 0.3 is 18.1 Å². The number of esters is 1. The lowest BCUT2D eigenvalue weighted by Gasteiger charge is -2.34. The monoisotopic (exact) mass is 454 g/mol. The molecule has 0 spiro atoms. The van der Waals surface area contributed by atoms with E-state index in [1.54, 1.807) is 40.1 Å². The maximum Gasteiger partial charge on any atom is 0.413 e. The van der Waals surface area contributed by atoms with Crippen molar-refractivity contribution >= 4 is 35.4 Å². The lowest BCUT2D eigenvalue weighted by Crippen LogP contribution is -2.52. The summed E-state index contributed by atoms with van der Waals surface area (Å²) in [5, 5.41) is 2.82. The molecule has 10 heteroatoms. The number of para-hydroxylation sites is 2.